The van der Waals surface area contributed by atoms with E-state index in [-0.39, 0.29) is 6.10 Å². The van der Waals surface area contributed by atoms with Crippen LogP contribution in [-0.2, 0) is 9.47 Å². The lowest BCUT2D eigenvalue weighted by atomic mass is 10.0. The summed E-state index contributed by atoms with van der Waals surface area (Å²) in [6.45, 7) is 7.04. The van der Waals surface area contributed by atoms with Crippen molar-refractivity contribution in [3.63, 3.8) is 0 Å². The van der Waals surface area contributed by atoms with Crippen molar-refractivity contribution in [2.75, 3.05) is 32.2 Å². The van der Waals surface area contributed by atoms with Crippen molar-refractivity contribution in [3.05, 3.63) is 28.7 Å². The Balaban J connectivity index is 0.000000271. The Morgan fingerprint density at radius 2 is 1.93 bits per heavy atom. The van der Waals surface area contributed by atoms with Crippen molar-refractivity contribution in [2.45, 2.75) is 51.7 Å². The van der Waals surface area contributed by atoms with Crippen LogP contribution in [0.5, 0.6) is 0 Å². The van der Waals surface area contributed by atoms with Crippen LogP contribution in [0, 0.1) is 13.8 Å². The third kappa shape index (κ3) is 5.03. The van der Waals surface area contributed by atoms with Gasteiger partial charge in [-0.15, -0.1) is 0 Å². The van der Waals surface area contributed by atoms with Crippen LogP contribution in [0.2, 0.25) is 5.02 Å². The van der Waals surface area contributed by atoms with Crippen LogP contribution in [0.1, 0.15) is 43.1 Å². The predicted molar refractivity (Wildman–Crippen MR) is 110 cm³/mol. The molecule has 1 atom stereocenters. The zero-order chi connectivity index (χ0) is 20.1. The maximum absolute atomic E-state index is 8.78. The molecule has 4 rings (SSSR count). The van der Waals surface area contributed by atoms with Crippen LogP contribution in [0.15, 0.2) is 12.3 Å². The average molecular weight is 409 g/mol. The highest BCUT2D eigenvalue weighted by Crippen LogP contribution is 2.35. The third-order valence-electron chi connectivity index (χ3n) is 5.14. The number of hydrogen-bond acceptors (Lipinski definition) is 6. The smallest absolute Gasteiger partial charge is 0.124 e. The summed E-state index contributed by atoms with van der Waals surface area (Å²) in [7, 11) is 0. The minimum Gasteiger partial charge on any atom is -0.391 e. The maximum Gasteiger partial charge on any atom is 0.124 e. The number of nitrogen functional groups attached to an aromatic ring is 1. The summed E-state index contributed by atoms with van der Waals surface area (Å²) in [5, 5.41) is 14.1. The number of nitrogens with zero attached hydrogens (tertiary/aromatic N) is 3. The molecule has 8 heteroatoms. The van der Waals surface area contributed by atoms with Gasteiger partial charge in [-0.25, -0.2) is 4.98 Å². The first-order chi connectivity index (χ1) is 13.5. The van der Waals surface area contributed by atoms with Gasteiger partial charge in [0.05, 0.1) is 29.5 Å². The lowest BCUT2D eigenvalue weighted by Crippen LogP contribution is -2.21. The highest BCUT2D eigenvalue weighted by atomic mass is 35.5. The summed E-state index contributed by atoms with van der Waals surface area (Å²) in [4.78, 5) is 4.02. The number of aromatic nitrogens is 3. The molecule has 1 unspecified atom stereocenters. The van der Waals surface area contributed by atoms with Crippen molar-refractivity contribution in [1.29, 1.82) is 0 Å². The second-order valence-corrected chi connectivity index (χ2v) is 7.70. The van der Waals surface area contributed by atoms with Crippen molar-refractivity contribution >= 4 is 17.4 Å². The first kappa shape index (κ1) is 21.0. The molecule has 2 aliphatic rings. The number of nitrogens with two attached hydrogens (primary N) is 1. The summed E-state index contributed by atoms with van der Waals surface area (Å²) < 4.78 is 12.5. The van der Waals surface area contributed by atoms with Crippen LogP contribution in [0.25, 0.3) is 11.1 Å². The molecule has 2 aliphatic heterocycles. The molecule has 0 radical (unpaired) electrons. The Hall–Kier alpha value is -1.67. The number of rotatable bonds is 2. The fraction of sp³-hybridized carbons (Fsp3) is 0.600. The standard InChI is InChI=1S/C15H19ClN4O.C5H10O2/c1-9-15(12-7-14(17)18-8-13(12)16)10(2)20(19-9)11-3-5-21-6-4-11;6-5-2-1-3-7-4-5/h7-8,11H,3-6H2,1-2H3,(H2,17,18);5-6H,1-4H2. The molecule has 7 nitrogen and oxygen atoms in total. The van der Waals surface area contributed by atoms with E-state index in [4.69, 9.17) is 37.0 Å². The lowest BCUT2D eigenvalue weighted by molar-refractivity contribution is -0.00535. The normalized spacial score (nSPS) is 20.5. The Kier molecular flexibility index (Phi) is 7.29. The van der Waals surface area contributed by atoms with Crippen LogP contribution in [-0.4, -0.2) is 52.4 Å². The summed E-state index contributed by atoms with van der Waals surface area (Å²) in [6, 6.07) is 2.21. The molecule has 2 saturated heterocycles. The quantitative estimate of drug-likeness (QED) is 0.791. The Bertz CT molecular complexity index is 784. The zero-order valence-electron chi connectivity index (χ0n) is 16.5. The molecule has 0 aliphatic carbocycles. The van der Waals surface area contributed by atoms with E-state index in [0.29, 0.717) is 23.5 Å². The number of halogens is 1. The van der Waals surface area contributed by atoms with E-state index in [2.05, 4.69) is 16.6 Å². The number of aliphatic hydroxyl groups is 1. The summed E-state index contributed by atoms with van der Waals surface area (Å²) >= 11 is 6.29. The van der Waals surface area contributed by atoms with Crippen molar-refractivity contribution in [1.82, 2.24) is 14.8 Å². The molecule has 2 aromatic heterocycles. The minimum absolute atomic E-state index is 0.186. The van der Waals surface area contributed by atoms with Gasteiger partial charge >= 0.3 is 0 Å². The van der Waals surface area contributed by atoms with E-state index in [0.717, 1.165) is 68.0 Å². The highest BCUT2D eigenvalue weighted by Gasteiger charge is 2.23. The Morgan fingerprint density at radius 1 is 1.18 bits per heavy atom. The monoisotopic (exact) mass is 408 g/mol. The van der Waals surface area contributed by atoms with E-state index in [1.165, 1.54) is 0 Å². The van der Waals surface area contributed by atoms with Crippen molar-refractivity contribution in [3.8, 4) is 11.1 Å². The second kappa shape index (κ2) is 9.69. The number of hydrogen-bond donors (Lipinski definition) is 2. The van der Waals surface area contributed by atoms with Gasteiger partial charge in [0.15, 0.2) is 0 Å². The van der Waals surface area contributed by atoms with Gasteiger partial charge in [0.25, 0.3) is 0 Å². The number of anilines is 1. The molecule has 0 aromatic carbocycles. The molecule has 0 spiro atoms. The van der Waals surface area contributed by atoms with E-state index in [9.17, 15) is 0 Å². The van der Waals surface area contributed by atoms with Gasteiger partial charge in [-0.05, 0) is 45.6 Å². The fourth-order valence-electron chi connectivity index (χ4n) is 3.71. The number of pyridine rings is 1. The van der Waals surface area contributed by atoms with E-state index < -0.39 is 0 Å². The van der Waals surface area contributed by atoms with E-state index in [1.54, 1.807) is 6.20 Å². The first-order valence-corrected chi connectivity index (χ1v) is 10.2. The number of aliphatic hydroxyl groups excluding tert-OH is 1. The van der Waals surface area contributed by atoms with Gasteiger partial charge in [-0.2, -0.15) is 5.10 Å². The van der Waals surface area contributed by atoms with Gasteiger partial charge in [-0.1, -0.05) is 11.6 Å². The lowest BCUT2D eigenvalue weighted by Gasteiger charge is -2.23. The van der Waals surface area contributed by atoms with Crippen molar-refractivity contribution in [2.24, 2.45) is 0 Å². The van der Waals surface area contributed by atoms with Gasteiger partial charge in [0.2, 0.25) is 0 Å². The molecule has 0 bridgehead atoms. The second-order valence-electron chi connectivity index (χ2n) is 7.29. The SMILES string of the molecule is Cc1nn(C2CCOCC2)c(C)c1-c1cc(N)ncc1Cl.OC1CCCOC1. The average Bonchev–Trinajstić information content (AvgIpc) is 3.00. The molecule has 3 N–H and O–H groups in total. The van der Waals surface area contributed by atoms with Gasteiger partial charge < -0.3 is 20.3 Å². The van der Waals surface area contributed by atoms with Crippen LogP contribution < -0.4 is 5.73 Å². The summed E-state index contributed by atoms with van der Waals surface area (Å²) in [5.41, 5.74) is 9.84. The molecule has 28 heavy (non-hydrogen) atoms. The predicted octanol–water partition coefficient (Wildman–Crippen LogP) is 3.31. The summed E-state index contributed by atoms with van der Waals surface area (Å²) in [6.07, 6.45) is 5.33. The Labute approximate surface area is 170 Å². The molecule has 154 valence electrons. The van der Waals surface area contributed by atoms with Gasteiger partial charge in [-0.3, -0.25) is 4.68 Å². The largest absolute Gasteiger partial charge is 0.391 e. The molecule has 0 saturated carbocycles. The van der Waals surface area contributed by atoms with E-state index >= 15 is 0 Å². The molecule has 2 fully saturated rings. The zero-order valence-corrected chi connectivity index (χ0v) is 17.3. The number of ether oxygens (including phenoxy) is 2. The van der Waals surface area contributed by atoms with Gasteiger partial charge in [0.1, 0.15) is 5.82 Å². The molecular weight excluding hydrogens is 380 g/mol. The van der Waals surface area contributed by atoms with Gasteiger partial charge in [0, 0.05) is 42.8 Å². The summed E-state index contributed by atoms with van der Waals surface area (Å²) in [5.74, 6) is 0.465. The van der Waals surface area contributed by atoms with Crippen LogP contribution in [0.3, 0.4) is 0 Å². The minimum atomic E-state index is -0.186. The Morgan fingerprint density at radius 3 is 2.54 bits per heavy atom. The van der Waals surface area contributed by atoms with E-state index in [1.807, 2.05) is 13.0 Å². The number of aryl methyl sites for hydroxylation is 1. The highest BCUT2D eigenvalue weighted by molar-refractivity contribution is 6.33. The first-order valence-electron chi connectivity index (χ1n) is 9.78. The molecule has 2 aromatic rings. The third-order valence-corrected chi connectivity index (χ3v) is 5.44. The topological polar surface area (TPSA) is 95.4 Å². The molecule has 4 heterocycles. The van der Waals surface area contributed by atoms with Crippen molar-refractivity contribution < 1.29 is 14.6 Å². The van der Waals surface area contributed by atoms with Crippen LogP contribution >= 0.6 is 11.6 Å². The molecular formula is C20H29ClN4O3. The maximum atomic E-state index is 8.78. The van der Waals surface area contributed by atoms with Crippen LogP contribution in [0.4, 0.5) is 5.82 Å². The molecule has 0 amide bonds. The fourth-order valence-corrected chi connectivity index (χ4v) is 3.91.